The van der Waals surface area contributed by atoms with E-state index in [4.69, 9.17) is 0 Å². The number of hydrogen-bond acceptors (Lipinski definition) is 2. The zero-order valence-electron chi connectivity index (χ0n) is 8.55. The van der Waals surface area contributed by atoms with Gasteiger partial charge in [-0.1, -0.05) is 19.3 Å². The summed E-state index contributed by atoms with van der Waals surface area (Å²) >= 11 is 0. The second-order valence-corrected chi connectivity index (χ2v) is 5.64. The maximum atomic E-state index is 11.8. The summed E-state index contributed by atoms with van der Waals surface area (Å²) in [5.41, 5.74) is 0. The van der Waals surface area contributed by atoms with Crippen LogP contribution in [-0.4, -0.2) is 28.8 Å². The van der Waals surface area contributed by atoms with E-state index in [1.807, 2.05) is 7.05 Å². The second kappa shape index (κ2) is 6.55. The van der Waals surface area contributed by atoms with Crippen molar-refractivity contribution in [3.63, 3.8) is 0 Å². The number of rotatable bonds is 5. The third kappa shape index (κ3) is 4.23. The first kappa shape index (κ1) is 11.2. The molecule has 0 amide bonds. The molecule has 1 unspecified atom stereocenters. The highest BCUT2D eigenvalue weighted by Crippen LogP contribution is 2.22. The summed E-state index contributed by atoms with van der Waals surface area (Å²) < 4.78 is 11.8. The Hall–Kier alpha value is 0.110. The maximum Gasteiger partial charge on any atom is 0.0348 e. The SMILES string of the molecule is CNCCCS(=O)C1CCCCC1. The van der Waals surface area contributed by atoms with Crippen molar-refractivity contribution >= 4 is 10.8 Å². The van der Waals surface area contributed by atoms with Crippen LogP contribution >= 0.6 is 0 Å². The minimum absolute atomic E-state index is 0.519. The lowest BCUT2D eigenvalue weighted by molar-refractivity contribution is 0.504. The van der Waals surface area contributed by atoms with Gasteiger partial charge in [-0.05, 0) is 32.9 Å². The average molecular weight is 203 g/mol. The van der Waals surface area contributed by atoms with Crippen molar-refractivity contribution in [1.82, 2.24) is 5.32 Å². The molecule has 0 aliphatic heterocycles. The minimum atomic E-state index is -0.548. The molecule has 1 fully saturated rings. The van der Waals surface area contributed by atoms with Crippen molar-refractivity contribution in [3.8, 4) is 0 Å². The summed E-state index contributed by atoms with van der Waals surface area (Å²) in [5.74, 6) is 0.894. The van der Waals surface area contributed by atoms with Gasteiger partial charge in [0.2, 0.25) is 0 Å². The Morgan fingerprint density at radius 2 is 2.00 bits per heavy atom. The maximum absolute atomic E-state index is 11.8. The predicted octanol–water partition coefficient (Wildman–Crippen LogP) is 1.68. The molecule has 0 radical (unpaired) electrons. The summed E-state index contributed by atoms with van der Waals surface area (Å²) in [6.45, 7) is 0.998. The van der Waals surface area contributed by atoms with Gasteiger partial charge < -0.3 is 5.32 Å². The van der Waals surface area contributed by atoms with E-state index in [0.29, 0.717) is 5.25 Å². The highest BCUT2D eigenvalue weighted by atomic mass is 32.2. The van der Waals surface area contributed by atoms with E-state index < -0.39 is 10.8 Å². The zero-order valence-corrected chi connectivity index (χ0v) is 9.37. The lowest BCUT2D eigenvalue weighted by Crippen LogP contribution is -2.22. The van der Waals surface area contributed by atoms with Crippen LogP contribution in [0.25, 0.3) is 0 Å². The summed E-state index contributed by atoms with van der Waals surface area (Å²) in [5, 5.41) is 3.61. The van der Waals surface area contributed by atoms with Crippen molar-refractivity contribution in [2.45, 2.75) is 43.8 Å². The monoisotopic (exact) mass is 203 g/mol. The van der Waals surface area contributed by atoms with E-state index in [0.717, 1.165) is 18.7 Å². The molecule has 1 N–H and O–H groups in total. The summed E-state index contributed by atoms with van der Waals surface area (Å²) in [4.78, 5) is 0. The molecule has 0 aromatic carbocycles. The molecule has 0 aromatic rings. The van der Waals surface area contributed by atoms with Gasteiger partial charge in [0.15, 0.2) is 0 Å². The van der Waals surface area contributed by atoms with E-state index in [2.05, 4.69) is 5.32 Å². The fourth-order valence-electron chi connectivity index (χ4n) is 1.89. The van der Waals surface area contributed by atoms with Crippen molar-refractivity contribution in [3.05, 3.63) is 0 Å². The first-order valence-electron chi connectivity index (χ1n) is 5.36. The molecule has 2 nitrogen and oxygen atoms in total. The molecule has 1 aliphatic carbocycles. The molecule has 1 rings (SSSR count). The quantitative estimate of drug-likeness (QED) is 0.689. The Morgan fingerprint density at radius 1 is 1.31 bits per heavy atom. The van der Waals surface area contributed by atoms with Gasteiger partial charge in [-0.25, -0.2) is 0 Å². The van der Waals surface area contributed by atoms with Crippen LogP contribution in [-0.2, 0) is 10.8 Å². The smallest absolute Gasteiger partial charge is 0.0348 e. The molecule has 1 atom stereocenters. The van der Waals surface area contributed by atoms with Gasteiger partial charge in [0, 0.05) is 21.8 Å². The van der Waals surface area contributed by atoms with Gasteiger partial charge in [-0.2, -0.15) is 0 Å². The van der Waals surface area contributed by atoms with Crippen LogP contribution in [0.3, 0.4) is 0 Å². The molecular formula is C10H21NOS. The van der Waals surface area contributed by atoms with Gasteiger partial charge in [-0.15, -0.1) is 0 Å². The molecular weight excluding hydrogens is 182 g/mol. The Balaban J connectivity index is 2.13. The normalized spacial score (nSPS) is 21.6. The number of hydrogen-bond donors (Lipinski definition) is 1. The van der Waals surface area contributed by atoms with E-state index in [1.54, 1.807) is 0 Å². The molecule has 0 saturated heterocycles. The summed E-state index contributed by atoms with van der Waals surface area (Å²) in [7, 11) is 1.40. The molecule has 0 heterocycles. The minimum Gasteiger partial charge on any atom is -0.320 e. The fraction of sp³-hybridized carbons (Fsp3) is 1.00. The largest absolute Gasteiger partial charge is 0.320 e. The number of nitrogens with one attached hydrogen (secondary N) is 1. The van der Waals surface area contributed by atoms with Crippen LogP contribution < -0.4 is 5.32 Å². The van der Waals surface area contributed by atoms with E-state index in [9.17, 15) is 4.21 Å². The lowest BCUT2D eigenvalue weighted by atomic mass is 10.0. The van der Waals surface area contributed by atoms with Crippen LogP contribution in [0.4, 0.5) is 0 Å². The van der Waals surface area contributed by atoms with Crippen LogP contribution in [0.2, 0.25) is 0 Å². The molecule has 78 valence electrons. The summed E-state index contributed by atoms with van der Waals surface area (Å²) in [6.07, 6.45) is 7.40. The van der Waals surface area contributed by atoms with E-state index >= 15 is 0 Å². The first-order valence-corrected chi connectivity index (χ1v) is 6.74. The van der Waals surface area contributed by atoms with Gasteiger partial charge in [-0.3, -0.25) is 4.21 Å². The third-order valence-electron chi connectivity index (χ3n) is 2.70. The zero-order chi connectivity index (χ0) is 9.52. The van der Waals surface area contributed by atoms with E-state index in [1.165, 1.54) is 32.1 Å². The topological polar surface area (TPSA) is 29.1 Å². The van der Waals surface area contributed by atoms with Crippen LogP contribution in [0.15, 0.2) is 0 Å². The Labute approximate surface area is 83.9 Å². The van der Waals surface area contributed by atoms with Gasteiger partial charge in [0.1, 0.15) is 0 Å². The highest BCUT2D eigenvalue weighted by Gasteiger charge is 2.18. The lowest BCUT2D eigenvalue weighted by Gasteiger charge is -2.20. The van der Waals surface area contributed by atoms with Gasteiger partial charge in [0.05, 0.1) is 0 Å². The molecule has 1 aliphatic rings. The van der Waals surface area contributed by atoms with E-state index in [-0.39, 0.29) is 0 Å². The molecule has 0 bridgehead atoms. The van der Waals surface area contributed by atoms with Crippen LogP contribution in [0.5, 0.6) is 0 Å². The van der Waals surface area contributed by atoms with Crippen molar-refractivity contribution in [1.29, 1.82) is 0 Å². The van der Waals surface area contributed by atoms with Crippen LogP contribution in [0.1, 0.15) is 38.5 Å². The molecule has 0 aromatic heterocycles. The van der Waals surface area contributed by atoms with Crippen molar-refractivity contribution in [2.75, 3.05) is 19.3 Å². The highest BCUT2D eigenvalue weighted by molar-refractivity contribution is 7.85. The Bertz CT molecular complexity index is 155. The molecule has 3 heteroatoms. The summed E-state index contributed by atoms with van der Waals surface area (Å²) in [6, 6.07) is 0. The van der Waals surface area contributed by atoms with Crippen LogP contribution in [0, 0.1) is 0 Å². The Morgan fingerprint density at radius 3 is 2.62 bits per heavy atom. The first-order chi connectivity index (χ1) is 6.34. The molecule has 13 heavy (non-hydrogen) atoms. The molecule has 0 spiro atoms. The van der Waals surface area contributed by atoms with Crippen molar-refractivity contribution < 1.29 is 4.21 Å². The predicted molar refractivity (Wildman–Crippen MR) is 58.4 cm³/mol. The molecule has 1 saturated carbocycles. The fourth-order valence-corrected chi connectivity index (χ4v) is 3.51. The third-order valence-corrected chi connectivity index (χ3v) is 4.60. The van der Waals surface area contributed by atoms with Gasteiger partial charge >= 0.3 is 0 Å². The second-order valence-electron chi connectivity index (χ2n) is 3.80. The van der Waals surface area contributed by atoms with Crippen molar-refractivity contribution in [2.24, 2.45) is 0 Å². The average Bonchev–Trinajstić information content (AvgIpc) is 2.19. The standard InChI is InChI=1S/C10H21NOS/c1-11-8-5-9-13(12)10-6-3-2-4-7-10/h10-11H,2-9H2,1H3. The van der Waals surface area contributed by atoms with Gasteiger partial charge in [0.25, 0.3) is 0 Å². The Kier molecular flexibility index (Phi) is 5.63.